The van der Waals surface area contributed by atoms with Crippen molar-refractivity contribution in [3.05, 3.63) is 0 Å². The van der Waals surface area contributed by atoms with Crippen LogP contribution >= 0.6 is 0 Å². The van der Waals surface area contributed by atoms with Crippen molar-refractivity contribution in [1.82, 2.24) is 0 Å². The second-order valence-electron chi connectivity index (χ2n) is 5.68. The summed E-state index contributed by atoms with van der Waals surface area (Å²) in [4.78, 5) is 0. The van der Waals surface area contributed by atoms with Crippen molar-refractivity contribution < 1.29 is 5.11 Å². The third-order valence-electron chi connectivity index (χ3n) is 3.80. The molecule has 0 aromatic rings. The molecule has 0 aromatic carbocycles. The Labute approximate surface area is 99.7 Å². The summed E-state index contributed by atoms with van der Waals surface area (Å²) < 4.78 is 0. The van der Waals surface area contributed by atoms with Gasteiger partial charge in [0, 0.05) is 0 Å². The summed E-state index contributed by atoms with van der Waals surface area (Å²) in [6.07, 6.45) is 8.03. The zero-order chi connectivity index (χ0) is 12.0. The molecule has 16 heavy (non-hydrogen) atoms. The molecule has 0 radical (unpaired) electrons. The van der Waals surface area contributed by atoms with Crippen LogP contribution in [0.5, 0.6) is 0 Å². The lowest BCUT2D eigenvalue weighted by atomic mass is 9.71. The highest BCUT2D eigenvalue weighted by molar-refractivity contribution is 5.04. The zero-order valence-electron chi connectivity index (χ0n) is 10.7. The normalized spacial score (nSPS) is 23.2. The highest BCUT2D eigenvalue weighted by Crippen LogP contribution is 2.38. The van der Waals surface area contributed by atoms with Crippen molar-refractivity contribution in [2.24, 2.45) is 11.3 Å². The lowest BCUT2D eigenvalue weighted by Gasteiger charge is -2.34. The number of aliphatic hydroxyl groups excluding tert-OH is 1. The Bertz CT molecular complexity index is 234. The van der Waals surface area contributed by atoms with Gasteiger partial charge < -0.3 is 5.11 Å². The number of rotatable bonds is 3. The van der Waals surface area contributed by atoms with E-state index in [1.807, 2.05) is 0 Å². The van der Waals surface area contributed by atoms with E-state index in [0.717, 1.165) is 32.1 Å². The molecular weight excluding hydrogens is 198 g/mol. The second-order valence-corrected chi connectivity index (χ2v) is 5.68. The molecule has 0 saturated heterocycles. The first-order valence-electron chi connectivity index (χ1n) is 6.70. The lowest BCUT2D eigenvalue weighted by molar-refractivity contribution is 0.0287. The molecule has 0 aliphatic heterocycles. The minimum atomic E-state index is -0.454. The first-order chi connectivity index (χ1) is 7.60. The van der Waals surface area contributed by atoms with Gasteiger partial charge in [-0.15, -0.1) is 0 Å². The minimum absolute atomic E-state index is 0.435. The van der Waals surface area contributed by atoms with Crippen LogP contribution < -0.4 is 0 Å². The monoisotopic (exact) mass is 223 g/mol. The molecule has 0 bridgehead atoms. The van der Waals surface area contributed by atoms with E-state index in [9.17, 15) is 10.4 Å². The maximum absolute atomic E-state index is 10.3. The van der Waals surface area contributed by atoms with Gasteiger partial charge in [0.15, 0.2) is 0 Å². The molecule has 92 valence electrons. The lowest BCUT2D eigenvalue weighted by Crippen LogP contribution is -2.35. The van der Waals surface area contributed by atoms with Crippen LogP contribution in [0.2, 0.25) is 0 Å². The Hall–Kier alpha value is -0.550. The Morgan fingerprint density at radius 2 is 1.62 bits per heavy atom. The topological polar surface area (TPSA) is 44.0 Å². The summed E-state index contributed by atoms with van der Waals surface area (Å²) in [5, 5.41) is 19.7. The van der Waals surface area contributed by atoms with Gasteiger partial charge in [0.25, 0.3) is 0 Å². The van der Waals surface area contributed by atoms with Gasteiger partial charge >= 0.3 is 0 Å². The number of hydrogen-bond acceptors (Lipinski definition) is 2. The first kappa shape index (κ1) is 13.5. The van der Waals surface area contributed by atoms with Crippen LogP contribution in [-0.4, -0.2) is 11.2 Å². The van der Waals surface area contributed by atoms with Crippen LogP contribution in [0.4, 0.5) is 0 Å². The third-order valence-corrected chi connectivity index (χ3v) is 3.80. The summed E-state index contributed by atoms with van der Waals surface area (Å²) in [5.74, 6) is 0.464. The Morgan fingerprint density at radius 3 is 2.06 bits per heavy atom. The SMILES string of the molecule is CC(C)CC(O)C1(C#N)CCCCCCC1. The smallest absolute Gasteiger partial charge is 0.0832 e. The van der Waals surface area contributed by atoms with Gasteiger partial charge in [0.2, 0.25) is 0 Å². The van der Waals surface area contributed by atoms with E-state index in [2.05, 4.69) is 19.9 Å². The second kappa shape index (κ2) is 6.25. The molecule has 1 saturated carbocycles. The van der Waals surface area contributed by atoms with Crippen LogP contribution in [0.1, 0.15) is 65.2 Å². The largest absolute Gasteiger partial charge is 0.391 e. The maximum atomic E-state index is 10.3. The number of hydrogen-bond donors (Lipinski definition) is 1. The Balaban J connectivity index is 2.68. The number of nitrogens with zero attached hydrogens (tertiary/aromatic N) is 1. The van der Waals surface area contributed by atoms with Crippen molar-refractivity contribution in [3.8, 4) is 6.07 Å². The molecule has 1 N–H and O–H groups in total. The van der Waals surface area contributed by atoms with Crippen molar-refractivity contribution in [2.45, 2.75) is 71.3 Å². The number of nitriles is 1. The molecular formula is C14H25NO. The van der Waals surface area contributed by atoms with E-state index >= 15 is 0 Å². The van der Waals surface area contributed by atoms with Crippen molar-refractivity contribution in [1.29, 1.82) is 5.26 Å². The molecule has 0 amide bonds. The average molecular weight is 223 g/mol. The molecule has 1 rings (SSSR count). The predicted octanol–water partition coefficient (Wildman–Crippen LogP) is 3.65. The molecule has 1 fully saturated rings. The van der Waals surface area contributed by atoms with Crippen molar-refractivity contribution in [2.75, 3.05) is 0 Å². The Kier molecular flexibility index (Phi) is 5.28. The highest BCUT2D eigenvalue weighted by atomic mass is 16.3. The molecule has 2 nitrogen and oxygen atoms in total. The fourth-order valence-electron chi connectivity index (χ4n) is 2.73. The first-order valence-corrected chi connectivity index (χ1v) is 6.70. The third kappa shape index (κ3) is 3.49. The van der Waals surface area contributed by atoms with E-state index in [-0.39, 0.29) is 0 Å². The van der Waals surface area contributed by atoms with Gasteiger partial charge in [-0.1, -0.05) is 46.0 Å². The van der Waals surface area contributed by atoms with E-state index in [0.29, 0.717) is 5.92 Å². The zero-order valence-corrected chi connectivity index (χ0v) is 10.7. The molecule has 0 aromatic heterocycles. The van der Waals surface area contributed by atoms with Crippen LogP contribution in [0.25, 0.3) is 0 Å². The van der Waals surface area contributed by atoms with Crippen LogP contribution in [-0.2, 0) is 0 Å². The highest BCUT2D eigenvalue weighted by Gasteiger charge is 2.37. The van der Waals surface area contributed by atoms with Gasteiger partial charge in [0.1, 0.15) is 0 Å². The molecule has 1 unspecified atom stereocenters. The standard InChI is InChI=1S/C14H25NO/c1-12(2)10-13(16)14(11-15)8-6-4-3-5-7-9-14/h12-13,16H,3-10H2,1-2H3. The van der Waals surface area contributed by atoms with Gasteiger partial charge in [-0.05, 0) is 25.2 Å². The quantitative estimate of drug-likeness (QED) is 0.793. The summed E-state index contributed by atoms with van der Waals surface area (Å²) in [5.41, 5.74) is -0.454. The Morgan fingerprint density at radius 1 is 1.12 bits per heavy atom. The summed E-state index contributed by atoms with van der Waals surface area (Å²) in [7, 11) is 0. The van der Waals surface area contributed by atoms with Crippen LogP contribution in [0.15, 0.2) is 0 Å². The van der Waals surface area contributed by atoms with E-state index in [1.165, 1.54) is 19.3 Å². The molecule has 2 heteroatoms. The molecule has 1 atom stereocenters. The van der Waals surface area contributed by atoms with Crippen LogP contribution in [0, 0.1) is 22.7 Å². The minimum Gasteiger partial charge on any atom is -0.391 e. The van der Waals surface area contributed by atoms with Gasteiger partial charge in [0.05, 0.1) is 17.6 Å². The molecule has 0 heterocycles. The molecule has 0 spiro atoms. The fourth-order valence-corrected chi connectivity index (χ4v) is 2.73. The summed E-state index contributed by atoms with van der Waals surface area (Å²) in [6, 6.07) is 2.44. The maximum Gasteiger partial charge on any atom is 0.0832 e. The predicted molar refractivity (Wildman–Crippen MR) is 65.8 cm³/mol. The van der Waals surface area contributed by atoms with Crippen molar-refractivity contribution >= 4 is 0 Å². The summed E-state index contributed by atoms with van der Waals surface area (Å²) >= 11 is 0. The molecule has 1 aliphatic rings. The van der Waals surface area contributed by atoms with E-state index in [1.54, 1.807) is 0 Å². The fraction of sp³-hybridized carbons (Fsp3) is 0.929. The van der Waals surface area contributed by atoms with E-state index < -0.39 is 11.5 Å². The van der Waals surface area contributed by atoms with Gasteiger partial charge in [-0.25, -0.2) is 0 Å². The van der Waals surface area contributed by atoms with Gasteiger partial charge in [-0.3, -0.25) is 0 Å². The van der Waals surface area contributed by atoms with Crippen molar-refractivity contribution in [3.63, 3.8) is 0 Å². The van der Waals surface area contributed by atoms with Gasteiger partial charge in [-0.2, -0.15) is 5.26 Å². The number of aliphatic hydroxyl groups is 1. The summed E-state index contributed by atoms with van der Waals surface area (Å²) in [6.45, 7) is 4.22. The molecule has 1 aliphatic carbocycles. The van der Waals surface area contributed by atoms with Crippen LogP contribution in [0.3, 0.4) is 0 Å². The van der Waals surface area contributed by atoms with E-state index in [4.69, 9.17) is 0 Å². The average Bonchev–Trinajstić information content (AvgIpc) is 2.17.